The molecule has 0 saturated heterocycles. The van der Waals surface area contributed by atoms with Crippen LogP contribution in [0.25, 0.3) is 0 Å². The van der Waals surface area contributed by atoms with Gasteiger partial charge >= 0.3 is 0 Å². The first-order valence-electron chi connectivity index (χ1n) is 4.02. The zero-order chi connectivity index (χ0) is 10.6. The van der Waals surface area contributed by atoms with Gasteiger partial charge in [0.25, 0.3) is 0 Å². The fourth-order valence-corrected chi connectivity index (χ4v) is 0.993. The molecule has 0 fully saturated rings. The fourth-order valence-electron chi connectivity index (χ4n) is 0.993. The second kappa shape index (κ2) is 4.40. The third kappa shape index (κ3) is 2.09. The van der Waals surface area contributed by atoms with E-state index in [0.717, 1.165) is 0 Å². The third-order valence-corrected chi connectivity index (χ3v) is 1.80. The summed E-state index contributed by atoms with van der Waals surface area (Å²) in [5.41, 5.74) is 5.69. The lowest BCUT2D eigenvalue weighted by Gasteiger charge is -2.03. The topological polar surface area (TPSA) is 76.1 Å². The lowest BCUT2D eigenvalue weighted by molar-refractivity contribution is 0.0980. The number of hydrogen-bond donors (Lipinski definition) is 1. The van der Waals surface area contributed by atoms with E-state index in [-0.39, 0.29) is 5.78 Å². The molecule has 72 valence electrons. The number of nitriles is 1. The van der Waals surface area contributed by atoms with Gasteiger partial charge in [-0.05, 0) is 24.3 Å². The molecule has 0 spiro atoms. The Morgan fingerprint density at radius 1 is 1.50 bits per heavy atom. The molecule has 1 rings (SSSR count). The molecule has 14 heavy (non-hydrogen) atoms. The predicted octanol–water partition coefficient (Wildman–Crippen LogP) is 0.729. The van der Waals surface area contributed by atoms with Gasteiger partial charge in [0, 0.05) is 5.56 Å². The van der Waals surface area contributed by atoms with E-state index in [1.54, 1.807) is 30.3 Å². The van der Waals surface area contributed by atoms with Crippen molar-refractivity contribution in [3.05, 3.63) is 29.8 Å². The van der Waals surface area contributed by atoms with Gasteiger partial charge in [-0.2, -0.15) is 5.26 Å². The number of hydrogen-bond acceptors (Lipinski definition) is 4. The van der Waals surface area contributed by atoms with Crippen molar-refractivity contribution in [2.75, 3.05) is 7.11 Å². The summed E-state index contributed by atoms with van der Waals surface area (Å²) in [6.45, 7) is 0. The van der Waals surface area contributed by atoms with Crippen molar-refractivity contribution in [1.82, 2.24) is 0 Å². The van der Waals surface area contributed by atoms with Gasteiger partial charge in [0.15, 0.2) is 11.8 Å². The van der Waals surface area contributed by atoms with Crippen molar-refractivity contribution in [3.63, 3.8) is 0 Å². The van der Waals surface area contributed by atoms with Crippen molar-refractivity contribution >= 4 is 5.78 Å². The highest BCUT2D eigenvalue weighted by Gasteiger charge is 2.14. The van der Waals surface area contributed by atoms with Gasteiger partial charge in [-0.15, -0.1) is 0 Å². The number of ketones is 1. The molecule has 0 aliphatic carbocycles. The molecule has 0 radical (unpaired) electrons. The van der Waals surface area contributed by atoms with Gasteiger partial charge in [-0.25, -0.2) is 0 Å². The van der Waals surface area contributed by atoms with Crippen molar-refractivity contribution < 1.29 is 9.53 Å². The van der Waals surface area contributed by atoms with Gasteiger partial charge in [0.05, 0.1) is 13.2 Å². The molecule has 0 aromatic heterocycles. The molecule has 4 heteroatoms. The van der Waals surface area contributed by atoms with E-state index in [1.165, 1.54) is 7.11 Å². The van der Waals surface area contributed by atoms with Crippen LogP contribution in [0.15, 0.2) is 24.3 Å². The van der Waals surface area contributed by atoms with Crippen LogP contribution in [0.4, 0.5) is 0 Å². The van der Waals surface area contributed by atoms with E-state index in [2.05, 4.69) is 0 Å². The quantitative estimate of drug-likeness (QED) is 0.713. The fraction of sp³-hybridized carbons (Fsp3) is 0.200. The van der Waals surface area contributed by atoms with Gasteiger partial charge in [-0.3, -0.25) is 4.79 Å². The van der Waals surface area contributed by atoms with E-state index in [1.807, 2.05) is 0 Å². The Labute approximate surface area is 81.9 Å². The maximum Gasteiger partial charge on any atom is 0.193 e. The molecule has 1 aromatic carbocycles. The van der Waals surface area contributed by atoms with Crippen LogP contribution in [0.1, 0.15) is 10.4 Å². The highest BCUT2D eigenvalue weighted by atomic mass is 16.5. The third-order valence-electron chi connectivity index (χ3n) is 1.80. The van der Waals surface area contributed by atoms with E-state index < -0.39 is 6.04 Å². The second-order valence-corrected chi connectivity index (χ2v) is 2.70. The number of nitrogens with zero attached hydrogens (tertiary/aromatic N) is 1. The number of carbonyl (C=O) groups is 1. The second-order valence-electron chi connectivity index (χ2n) is 2.70. The molecule has 0 heterocycles. The van der Waals surface area contributed by atoms with Crippen molar-refractivity contribution in [1.29, 1.82) is 5.26 Å². The lowest BCUT2D eigenvalue weighted by Crippen LogP contribution is -2.28. The number of rotatable bonds is 3. The number of carbonyl (C=O) groups excluding carboxylic acids is 1. The van der Waals surface area contributed by atoms with Crippen molar-refractivity contribution in [2.24, 2.45) is 5.73 Å². The molecule has 1 unspecified atom stereocenters. The van der Waals surface area contributed by atoms with Crippen molar-refractivity contribution in [2.45, 2.75) is 6.04 Å². The standard InChI is InChI=1S/C10H10N2O2/c1-14-8-4-2-7(3-5-8)10(13)9(12)6-11/h2-5,9H,12H2,1H3. The number of benzene rings is 1. The molecular weight excluding hydrogens is 180 g/mol. The monoisotopic (exact) mass is 190 g/mol. The van der Waals surface area contributed by atoms with Gasteiger partial charge < -0.3 is 10.5 Å². The number of ether oxygens (including phenoxy) is 1. The largest absolute Gasteiger partial charge is 0.497 e. The summed E-state index contributed by atoms with van der Waals surface area (Å²) in [6, 6.07) is 7.06. The summed E-state index contributed by atoms with van der Waals surface area (Å²) < 4.78 is 4.93. The van der Waals surface area contributed by atoms with Crippen LogP contribution in [-0.2, 0) is 0 Å². The highest BCUT2D eigenvalue weighted by Crippen LogP contribution is 2.12. The SMILES string of the molecule is COc1ccc(C(=O)C(N)C#N)cc1. The lowest BCUT2D eigenvalue weighted by atomic mass is 10.1. The number of Topliss-reactive ketones (excluding diaryl/α,β-unsaturated/α-hetero) is 1. The van der Waals surface area contributed by atoms with E-state index >= 15 is 0 Å². The molecule has 1 aromatic rings. The van der Waals surface area contributed by atoms with E-state index in [9.17, 15) is 4.79 Å². The summed E-state index contributed by atoms with van der Waals surface area (Å²) >= 11 is 0. The van der Waals surface area contributed by atoms with Gasteiger partial charge in [-0.1, -0.05) is 0 Å². The molecule has 0 aliphatic heterocycles. The minimum atomic E-state index is -1.09. The summed E-state index contributed by atoms with van der Waals surface area (Å²) in [6.07, 6.45) is 0. The first-order chi connectivity index (χ1) is 6.69. The van der Waals surface area contributed by atoms with Gasteiger partial charge in [0.1, 0.15) is 5.75 Å². The minimum absolute atomic E-state index is 0.379. The molecular formula is C10H10N2O2. The summed E-state index contributed by atoms with van der Waals surface area (Å²) in [7, 11) is 1.54. The Hall–Kier alpha value is -1.86. The number of nitrogens with two attached hydrogens (primary N) is 1. The number of methoxy groups -OCH3 is 1. The predicted molar refractivity (Wildman–Crippen MR) is 50.9 cm³/mol. The Bertz CT molecular complexity index is 365. The molecule has 2 N–H and O–H groups in total. The molecule has 0 amide bonds. The van der Waals surface area contributed by atoms with Crippen molar-refractivity contribution in [3.8, 4) is 11.8 Å². The first-order valence-corrected chi connectivity index (χ1v) is 4.02. The highest BCUT2D eigenvalue weighted by molar-refractivity contribution is 6.01. The van der Waals surface area contributed by atoms with Crippen LogP contribution in [0, 0.1) is 11.3 Å². The Balaban J connectivity index is 2.88. The Morgan fingerprint density at radius 2 is 2.07 bits per heavy atom. The average Bonchev–Trinajstić information content (AvgIpc) is 2.27. The molecule has 0 aliphatic rings. The summed E-state index contributed by atoms with van der Waals surface area (Å²) in [5.74, 6) is 0.280. The average molecular weight is 190 g/mol. The molecule has 1 atom stereocenters. The van der Waals surface area contributed by atoms with E-state index in [4.69, 9.17) is 15.7 Å². The Morgan fingerprint density at radius 3 is 2.50 bits per heavy atom. The van der Waals surface area contributed by atoms with Crippen LogP contribution in [0.3, 0.4) is 0 Å². The minimum Gasteiger partial charge on any atom is -0.497 e. The molecule has 0 bridgehead atoms. The zero-order valence-corrected chi connectivity index (χ0v) is 7.73. The van der Waals surface area contributed by atoms with Crippen LogP contribution in [0.5, 0.6) is 5.75 Å². The van der Waals surface area contributed by atoms with Crippen LogP contribution < -0.4 is 10.5 Å². The van der Waals surface area contributed by atoms with Crippen LogP contribution in [0.2, 0.25) is 0 Å². The maximum atomic E-state index is 11.4. The first kappa shape index (κ1) is 10.2. The smallest absolute Gasteiger partial charge is 0.193 e. The molecule has 4 nitrogen and oxygen atoms in total. The zero-order valence-electron chi connectivity index (χ0n) is 7.73. The summed E-state index contributed by atoms with van der Waals surface area (Å²) in [5, 5.41) is 8.45. The van der Waals surface area contributed by atoms with Gasteiger partial charge in [0.2, 0.25) is 0 Å². The van der Waals surface area contributed by atoms with Crippen LogP contribution >= 0.6 is 0 Å². The normalized spacial score (nSPS) is 11.5. The maximum absolute atomic E-state index is 11.4. The van der Waals surface area contributed by atoms with E-state index in [0.29, 0.717) is 11.3 Å². The summed E-state index contributed by atoms with van der Waals surface area (Å²) in [4.78, 5) is 11.4. The Kier molecular flexibility index (Phi) is 3.21. The molecule has 0 saturated carbocycles. The van der Waals surface area contributed by atoms with Crippen LogP contribution in [-0.4, -0.2) is 18.9 Å².